The number of hydrogen-bond acceptors (Lipinski definition) is 8. The Balaban J connectivity index is -0.000000501. The predicted molar refractivity (Wildman–Crippen MR) is 271 cm³/mol. The molecule has 8 heteroatoms. The molecule has 6 rings (SSSR count). The van der Waals surface area contributed by atoms with Crippen molar-refractivity contribution in [2.45, 2.75) is 138 Å². The molecule has 2 fully saturated rings. The lowest BCUT2D eigenvalue weighted by Crippen LogP contribution is -2.11. The third kappa shape index (κ3) is 17.5. The van der Waals surface area contributed by atoms with E-state index in [1.165, 1.54) is 11.1 Å². The van der Waals surface area contributed by atoms with Crippen LogP contribution in [0.25, 0.3) is 22.3 Å². The zero-order valence-corrected chi connectivity index (χ0v) is 32.6. The Bertz CT molecular complexity index is 2160. The Hall–Kier alpha value is -6.28. The molecule has 2 heterocycles. The summed E-state index contributed by atoms with van der Waals surface area (Å²) in [7, 11) is 0. The third-order valence-corrected chi connectivity index (χ3v) is 9.67. The molecule has 2 atom stereocenters. The van der Waals surface area contributed by atoms with Gasteiger partial charge in [-0.2, -0.15) is 0 Å². The van der Waals surface area contributed by atoms with Gasteiger partial charge in [-0.15, -0.1) is 0 Å². The number of cyclic esters (lactones) is 2. The van der Waals surface area contributed by atoms with Crippen LogP contribution in [0.5, 0.6) is 0 Å². The van der Waals surface area contributed by atoms with Gasteiger partial charge in [0.2, 0.25) is 0 Å². The lowest BCUT2D eigenvalue weighted by atomic mass is 9.95. The lowest BCUT2D eigenvalue weighted by Gasteiger charge is -2.13. The van der Waals surface area contributed by atoms with Gasteiger partial charge in [-0.05, 0) is 83.3 Å². The number of ether oxygens (including phenoxy) is 4. The molecule has 2 saturated heterocycles. The largest absolute Gasteiger partial charge is 0.458 e. The molecule has 0 amide bonds. The predicted octanol–water partition coefficient (Wildman–Crippen LogP) is 14.5. The van der Waals surface area contributed by atoms with E-state index < -0.39 is 5.97 Å². The maximum Gasteiger partial charge on any atom is 0.333 e. The van der Waals surface area contributed by atoms with Crippen LogP contribution in [0.1, 0.15) is 119 Å². The van der Waals surface area contributed by atoms with Crippen LogP contribution in [0.15, 0.2) is 134 Å². The van der Waals surface area contributed by atoms with E-state index in [1.54, 1.807) is 13.8 Å². The Labute approximate surface area is 388 Å². The molecule has 0 spiro atoms. The summed E-state index contributed by atoms with van der Waals surface area (Å²) in [5.74, 6) is -1.33. The first-order valence-corrected chi connectivity index (χ1v) is 18.5. The maximum atomic E-state index is 11.5. The van der Waals surface area contributed by atoms with E-state index in [1.807, 2.05) is 43.3 Å². The Morgan fingerprint density at radius 3 is 1.27 bits per heavy atom. The van der Waals surface area contributed by atoms with Gasteiger partial charge in [0.25, 0.3) is 0 Å². The smallest absolute Gasteiger partial charge is 0.333 e. The SMILES string of the molecule is C.C.C.C.C.C.C.C.C=C(C)C(=O)OCc1ccc(-c2ccc(COC(=O)C(=C)C)c(C)c2)cc1.C=C1CC(Cc2ccc(-c3ccc(CC4CC(=C)C(=O)O4)c(C)c3)cc2)OC1=O. The summed E-state index contributed by atoms with van der Waals surface area (Å²) in [5.41, 5.74) is 12.7. The summed E-state index contributed by atoms with van der Waals surface area (Å²) in [5, 5.41) is 0. The molecular weight excluding hydrogens is 801 g/mol. The molecule has 8 nitrogen and oxygen atoms in total. The summed E-state index contributed by atoms with van der Waals surface area (Å²) in [6, 6.07) is 28.6. The fourth-order valence-corrected chi connectivity index (χ4v) is 6.31. The second kappa shape index (κ2) is 29.2. The summed E-state index contributed by atoms with van der Waals surface area (Å²) < 4.78 is 21.0. The molecule has 2 aliphatic rings. The molecule has 0 aromatic heterocycles. The van der Waals surface area contributed by atoms with Crippen LogP contribution < -0.4 is 0 Å². The molecule has 0 saturated carbocycles. The molecule has 4 aromatic rings. The van der Waals surface area contributed by atoms with E-state index in [0.717, 1.165) is 44.5 Å². The van der Waals surface area contributed by atoms with E-state index >= 15 is 0 Å². The van der Waals surface area contributed by atoms with Crippen molar-refractivity contribution in [3.05, 3.63) is 167 Å². The molecule has 0 N–H and O–H groups in total. The monoisotopic (exact) mass is 881 g/mol. The summed E-state index contributed by atoms with van der Waals surface area (Å²) in [6.07, 6.45) is 2.40. The Kier molecular flexibility index (Phi) is 29.3. The minimum absolute atomic E-state index is 0. The molecule has 4 aromatic carbocycles. The summed E-state index contributed by atoms with van der Waals surface area (Å²) in [4.78, 5) is 46.0. The first-order valence-electron chi connectivity index (χ1n) is 18.5. The Morgan fingerprint density at radius 2 is 0.891 bits per heavy atom. The third-order valence-electron chi connectivity index (χ3n) is 9.67. The van der Waals surface area contributed by atoms with Crippen LogP contribution in [0.4, 0.5) is 0 Å². The average Bonchev–Trinajstić information content (AvgIpc) is 3.67. The van der Waals surface area contributed by atoms with Gasteiger partial charge >= 0.3 is 23.9 Å². The van der Waals surface area contributed by atoms with Crippen molar-refractivity contribution in [1.82, 2.24) is 0 Å². The molecule has 352 valence electrons. The van der Waals surface area contributed by atoms with Crippen molar-refractivity contribution in [2.24, 2.45) is 0 Å². The van der Waals surface area contributed by atoms with Crippen LogP contribution in [-0.4, -0.2) is 36.1 Å². The second-order valence-electron chi connectivity index (χ2n) is 14.5. The van der Waals surface area contributed by atoms with Crippen LogP contribution in [0.3, 0.4) is 0 Å². The maximum absolute atomic E-state index is 11.5. The molecule has 0 aliphatic carbocycles. The van der Waals surface area contributed by atoms with Crippen molar-refractivity contribution < 1.29 is 38.1 Å². The standard InChI is InChI=1S/C25H24O4.C23H24O4.8CH4/c1-15-10-21(9-8-20(15)14-23-12-17(3)25(27)29-23)19-6-4-18(5-7-19)13-22-11-16(2)24(26)28-22;1-15(2)22(24)26-13-18-6-8-19(9-7-18)20-10-11-21(17(5)12-20)14-27-23(25)16(3)4;;;;;;;;/h4-10,22-23H,2-3,11-14H2,1H3;6-12H,1,3,13-14H2,2,4-5H3;8*1H4. The van der Waals surface area contributed by atoms with Crippen molar-refractivity contribution >= 4 is 23.9 Å². The zero-order valence-electron chi connectivity index (χ0n) is 32.6. The van der Waals surface area contributed by atoms with Gasteiger partial charge in [-0.1, -0.05) is 171 Å². The zero-order chi connectivity index (χ0) is 40.5. The normalized spacial score (nSPS) is 14.0. The van der Waals surface area contributed by atoms with Crippen molar-refractivity contribution in [3.8, 4) is 22.3 Å². The van der Waals surface area contributed by atoms with Crippen molar-refractivity contribution in [1.29, 1.82) is 0 Å². The van der Waals surface area contributed by atoms with Crippen LogP contribution in [-0.2, 0) is 64.2 Å². The van der Waals surface area contributed by atoms with Gasteiger partial charge in [0, 0.05) is 48.0 Å². The van der Waals surface area contributed by atoms with Gasteiger partial charge in [-0.3, -0.25) is 0 Å². The number of rotatable bonds is 12. The quantitative estimate of drug-likeness (QED) is 0.0787. The van der Waals surface area contributed by atoms with E-state index in [2.05, 4.69) is 81.8 Å². The molecule has 2 unspecified atom stereocenters. The van der Waals surface area contributed by atoms with E-state index in [0.29, 0.717) is 48.0 Å². The van der Waals surface area contributed by atoms with Crippen molar-refractivity contribution in [3.63, 3.8) is 0 Å². The van der Waals surface area contributed by atoms with Gasteiger partial charge in [0.05, 0.1) is 0 Å². The summed E-state index contributed by atoms with van der Waals surface area (Å²) in [6.45, 7) is 22.4. The van der Waals surface area contributed by atoms with E-state index in [9.17, 15) is 19.2 Å². The van der Waals surface area contributed by atoms with Gasteiger partial charge in [-0.25, -0.2) is 19.2 Å². The minimum Gasteiger partial charge on any atom is -0.458 e. The highest BCUT2D eigenvalue weighted by atomic mass is 16.6. The molecule has 64 heavy (non-hydrogen) atoms. The first-order chi connectivity index (χ1) is 26.7. The van der Waals surface area contributed by atoms with E-state index in [-0.39, 0.29) is 103 Å². The number of carbonyl (C=O) groups excluding carboxylic acids is 4. The minimum atomic E-state index is -0.391. The van der Waals surface area contributed by atoms with Gasteiger partial charge in [0.1, 0.15) is 25.4 Å². The van der Waals surface area contributed by atoms with Gasteiger partial charge < -0.3 is 18.9 Å². The Morgan fingerprint density at radius 1 is 0.531 bits per heavy atom. The fraction of sp³-hybridized carbons (Fsp3) is 0.357. The highest BCUT2D eigenvalue weighted by molar-refractivity contribution is 5.90. The topological polar surface area (TPSA) is 105 Å². The molecule has 0 bridgehead atoms. The number of aryl methyl sites for hydroxylation is 2. The summed E-state index contributed by atoms with van der Waals surface area (Å²) >= 11 is 0. The highest BCUT2D eigenvalue weighted by Gasteiger charge is 2.28. The number of benzene rings is 4. The first kappa shape index (κ1) is 64.3. The molecular formula is C56H80O8. The molecule has 0 radical (unpaired) electrons. The molecule has 2 aliphatic heterocycles. The second-order valence-corrected chi connectivity index (χ2v) is 14.5. The van der Waals surface area contributed by atoms with E-state index in [4.69, 9.17) is 18.9 Å². The highest BCUT2D eigenvalue weighted by Crippen LogP contribution is 2.29. The van der Waals surface area contributed by atoms with Crippen LogP contribution >= 0.6 is 0 Å². The van der Waals surface area contributed by atoms with Crippen molar-refractivity contribution in [2.75, 3.05) is 0 Å². The average molecular weight is 881 g/mol. The van der Waals surface area contributed by atoms with Crippen LogP contribution in [0, 0.1) is 13.8 Å². The lowest BCUT2D eigenvalue weighted by molar-refractivity contribution is -0.141. The number of esters is 4. The van der Waals surface area contributed by atoms with Gasteiger partial charge in [0.15, 0.2) is 0 Å². The fourth-order valence-electron chi connectivity index (χ4n) is 6.31. The number of carbonyl (C=O) groups is 4. The number of hydrogen-bond donors (Lipinski definition) is 0. The van der Waals surface area contributed by atoms with Crippen LogP contribution in [0.2, 0.25) is 0 Å².